The minimum Gasteiger partial charge on any atom is -0.423 e. The molecule has 0 spiro atoms. The molecule has 0 aliphatic carbocycles. The number of carbonyl (C=O) groups excluding carboxylic acids is 4. The maximum absolute atomic E-state index is 15.7. The molecule has 0 N–H and O–H groups in total. The number of nitrogens with zero attached hydrogens (tertiary/aromatic N) is 6. The van der Waals surface area contributed by atoms with Crippen LogP contribution in [0.4, 0.5) is 0 Å². The van der Waals surface area contributed by atoms with Gasteiger partial charge in [0.25, 0.3) is 0 Å². The summed E-state index contributed by atoms with van der Waals surface area (Å²) in [6.07, 6.45) is 0. The smallest absolute Gasteiger partial charge is 0.423 e. The number of esters is 2. The Morgan fingerprint density at radius 3 is 0.527 bits per heavy atom. The third kappa shape index (κ3) is 19.0. The van der Waals surface area contributed by atoms with Gasteiger partial charge in [0.15, 0.2) is 0 Å². The Hall–Kier alpha value is -12.9. The molecule has 0 radical (unpaired) electrons. The predicted octanol–water partition coefficient (Wildman–Crippen LogP) is 24.9. The lowest BCUT2D eigenvalue weighted by molar-refractivity contribution is 0.0720. The third-order valence-corrected chi connectivity index (χ3v) is 31.5. The van der Waals surface area contributed by atoms with Gasteiger partial charge in [-0.25, -0.2) is 19.2 Å². The van der Waals surface area contributed by atoms with Crippen LogP contribution in [0.2, 0.25) is 0 Å². The molecule has 4 atom stereocenters. The van der Waals surface area contributed by atoms with E-state index in [4.69, 9.17) is 90.9 Å². The molecule has 30 heteroatoms. The average molecular weight is 1610 g/mol. The first-order valence-electron chi connectivity index (χ1n) is 34.2. The second-order valence-electron chi connectivity index (χ2n) is 23.7. The summed E-state index contributed by atoms with van der Waals surface area (Å²) in [5, 5.41) is 0. The van der Waals surface area contributed by atoms with E-state index in [9.17, 15) is 9.59 Å². The van der Waals surface area contributed by atoms with Crippen LogP contribution >= 0.6 is 46.0 Å². The fraction of sp³-hybridized carbons (Fsp3) is 0. The number of rotatable bonds is 28. The lowest BCUT2D eigenvalue weighted by Crippen LogP contribution is -2.13. The Bertz CT molecular complexity index is 5400. The minimum absolute atomic E-state index is 0.0861. The SMILES string of the molecule is O=C(Oc1ccc(OP2(Oc3ccccc3)=NP(Oc3ccccc3)(Oc3ccccc3)=NP(OC(=O)c3ccc(C(=O)OP4(Oc5ccccc5)=NP(Oc5ccccc5)(Oc5ccc(OC(=O)c6ccccc6)cc5)=NP(Oc5ccccc5)(Oc5ccccc5)=N4)cc3)(Oc3ccccc3)=N2)cc1)c1ccccc1. The van der Waals surface area contributed by atoms with Gasteiger partial charge >= 0.3 is 69.8 Å². The molecule has 0 aromatic heterocycles. The highest BCUT2D eigenvalue weighted by molar-refractivity contribution is 7.80. The van der Waals surface area contributed by atoms with Gasteiger partial charge in [-0.1, -0.05) is 209 Å². The van der Waals surface area contributed by atoms with Crippen molar-refractivity contribution in [2.45, 2.75) is 0 Å². The standard InChI is InChI=1S/C82H62N6O18P6/c89-79(63-31-11-1-12-32-63)93-67-55-59-77(60-56-67)103-109(99-73-43-23-7-24-44-73)83-107(95-69-35-15-3-16-36-69,96-70-37-17-4-18-38-70)85-111(87-109,101-75-47-27-9-28-48-75)105-81(91)65-51-53-66(54-52-65)82(92)106-112(102-76-49-29-10-30-50-76)86-108(97-71-39-19-5-20-40-71,98-72-41-21-6-22-42-72)84-110(88-112,100-74-45-25-8-26-46-74)104-78-61-57-68(58-62-78)94-80(90)64-33-13-2-14-34-64/h1-62H. The zero-order valence-electron chi connectivity index (χ0n) is 58.5. The number of hydrogen-bond donors (Lipinski definition) is 0. The van der Waals surface area contributed by atoms with E-state index in [0.29, 0.717) is 11.1 Å². The van der Waals surface area contributed by atoms with Crippen molar-refractivity contribution >= 4 is 69.8 Å². The van der Waals surface area contributed by atoms with Gasteiger partial charge in [0.1, 0.15) is 69.0 Å². The van der Waals surface area contributed by atoms with E-state index in [0.717, 1.165) is 0 Å². The van der Waals surface area contributed by atoms with Crippen LogP contribution in [0.5, 0.6) is 69.0 Å². The summed E-state index contributed by atoms with van der Waals surface area (Å²) in [6, 6.07) is 102. The number of hydrogen-bond acceptors (Lipinski definition) is 24. The molecule has 558 valence electrons. The van der Waals surface area contributed by atoms with Crippen LogP contribution in [0.25, 0.3) is 0 Å². The summed E-state index contributed by atoms with van der Waals surface area (Å²) < 4.78 is 126. The van der Waals surface area contributed by atoms with Crippen molar-refractivity contribution < 1.29 is 82.9 Å². The van der Waals surface area contributed by atoms with Crippen LogP contribution in [-0.2, 0) is 9.05 Å². The lowest BCUT2D eigenvalue weighted by Gasteiger charge is -2.33. The van der Waals surface area contributed by atoms with Crippen LogP contribution in [0.1, 0.15) is 41.4 Å². The average Bonchev–Trinajstić information content (AvgIpc) is 0.735. The van der Waals surface area contributed by atoms with Crippen molar-refractivity contribution in [1.29, 1.82) is 0 Å². The third-order valence-electron chi connectivity index (χ3n) is 15.4. The van der Waals surface area contributed by atoms with Crippen molar-refractivity contribution in [3.63, 3.8) is 0 Å². The maximum atomic E-state index is 15.7. The lowest BCUT2D eigenvalue weighted by atomic mass is 10.1. The van der Waals surface area contributed by atoms with Gasteiger partial charge in [-0.3, -0.25) is 0 Å². The number of ether oxygens (including phenoxy) is 2. The van der Waals surface area contributed by atoms with E-state index in [1.807, 2.05) is 0 Å². The topological polar surface area (TPSA) is 272 Å². The van der Waals surface area contributed by atoms with E-state index in [1.54, 1.807) is 303 Å². The molecule has 2 aliphatic rings. The Morgan fingerprint density at radius 1 is 0.161 bits per heavy atom. The summed E-state index contributed by atoms with van der Waals surface area (Å²) in [7, 11) is -27.7. The molecule has 0 saturated heterocycles. The van der Waals surface area contributed by atoms with Crippen LogP contribution in [0.15, 0.2) is 403 Å². The van der Waals surface area contributed by atoms with E-state index in [1.165, 1.54) is 72.8 Å². The summed E-state index contributed by atoms with van der Waals surface area (Å²) in [5.74, 6) is -1.36. The van der Waals surface area contributed by atoms with Crippen LogP contribution in [0.3, 0.4) is 0 Å². The van der Waals surface area contributed by atoms with Gasteiger partial charge in [0, 0.05) is 0 Å². The molecule has 24 nitrogen and oxygen atoms in total. The van der Waals surface area contributed by atoms with Crippen LogP contribution in [0, 0.1) is 0 Å². The molecule has 112 heavy (non-hydrogen) atoms. The van der Waals surface area contributed by atoms with Gasteiger partial charge < -0.3 is 63.8 Å². The van der Waals surface area contributed by atoms with Crippen molar-refractivity contribution in [3.05, 3.63) is 398 Å². The molecule has 13 aromatic carbocycles. The van der Waals surface area contributed by atoms with Gasteiger partial charge in [-0.05, 0) is 194 Å². The van der Waals surface area contributed by atoms with Crippen LogP contribution in [-0.4, -0.2) is 23.9 Å². The molecule has 0 saturated carbocycles. The fourth-order valence-corrected chi connectivity index (χ4v) is 28.4. The summed E-state index contributed by atoms with van der Waals surface area (Å²) >= 11 is 0. The quantitative estimate of drug-likeness (QED) is 0.0250. The molecule has 2 aliphatic heterocycles. The number of benzene rings is 13. The van der Waals surface area contributed by atoms with E-state index in [2.05, 4.69) is 0 Å². The summed E-state index contributed by atoms with van der Waals surface area (Å²) in [5.41, 5.74) is 0.309. The molecule has 15 rings (SSSR count). The van der Waals surface area contributed by atoms with E-state index >= 15 is 9.59 Å². The highest BCUT2D eigenvalue weighted by Gasteiger charge is 2.52. The molecule has 2 heterocycles. The van der Waals surface area contributed by atoms with Crippen molar-refractivity contribution in [2.75, 3.05) is 0 Å². The maximum Gasteiger partial charge on any atom is 0.463 e. The Balaban J connectivity index is 0.855. The molecule has 4 unspecified atom stereocenters. The minimum atomic E-state index is -4.79. The predicted molar refractivity (Wildman–Crippen MR) is 427 cm³/mol. The Morgan fingerprint density at radius 2 is 0.312 bits per heavy atom. The van der Waals surface area contributed by atoms with Crippen molar-refractivity contribution in [2.24, 2.45) is 27.1 Å². The zero-order valence-corrected chi connectivity index (χ0v) is 63.9. The first-order chi connectivity index (χ1) is 54.7. The first-order valence-corrected chi connectivity index (χ1v) is 43.4. The van der Waals surface area contributed by atoms with Gasteiger partial charge in [0.05, 0.1) is 22.3 Å². The highest BCUT2D eigenvalue weighted by atomic mass is 31.3. The summed E-state index contributed by atoms with van der Waals surface area (Å²) in [4.78, 5) is 57.9. The Labute approximate surface area is 643 Å². The Kier molecular flexibility index (Phi) is 22.6. The second kappa shape index (κ2) is 33.9. The second-order valence-corrected chi connectivity index (χ2v) is 36.1. The molecular weight excluding hydrogens is 1540 g/mol. The normalized spacial score (nSPS) is 18.1. The van der Waals surface area contributed by atoms with E-state index < -0.39 is 69.8 Å². The molecule has 13 aromatic rings. The van der Waals surface area contributed by atoms with Crippen molar-refractivity contribution in [1.82, 2.24) is 0 Å². The molecule has 0 fully saturated rings. The first kappa shape index (κ1) is 74.6. The molecular formula is C82H62N6O18P6. The molecule has 0 bridgehead atoms. The number of carbonyl (C=O) groups is 4. The monoisotopic (exact) mass is 1600 g/mol. The number of para-hydroxylation sites is 8. The van der Waals surface area contributed by atoms with Crippen molar-refractivity contribution in [3.8, 4) is 69.0 Å². The van der Waals surface area contributed by atoms with Gasteiger partial charge in [-0.2, -0.15) is 0 Å². The van der Waals surface area contributed by atoms with Gasteiger partial charge in [0.2, 0.25) is 0 Å². The fourth-order valence-electron chi connectivity index (χ4n) is 10.4. The summed E-state index contributed by atoms with van der Waals surface area (Å²) in [6.45, 7) is 0. The highest BCUT2D eigenvalue weighted by Crippen LogP contribution is 2.81. The largest absolute Gasteiger partial charge is 0.463 e. The van der Waals surface area contributed by atoms with Crippen LogP contribution < -0.4 is 54.7 Å². The molecule has 0 amide bonds. The van der Waals surface area contributed by atoms with E-state index in [-0.39, 0.29) is 80.1 Å². The zero-order chi connectivity index (χ0) is 76.5. The van der Waals surface area contributed by atoms with Gasteiger partial charge in [-0.15, -0.1) is 0 Å².